The van der Waals surface area contributed by atoms with Gasteiger partial charge in [-0.1, -0.05) is 18.2 Å². The van der Waals surface area contributed by atoms with Crippen molar-refractivity contribution in [1.29, 1.82) is 0 Å². The van der Waals surface area contributed by atoms with Crippen LogP contribution in [0.3, 0.4) is 0 Å². The van der Waals surface area contributed by atoms with Crippen LogP contribution in [0.4, 0.5) is 8.78 Å². The van der Waals surface area contributed by atoms with Gasteiger partial charge in [0.25, 0.3) is 0 Å². The third kappa shape index (κ3) is 2.62. The van der Waals surface area contributed by atoms with Gasteiger partial charge >= 0.3 is 0 Å². The normalized spacial score (nSPS) is 10.3. The Morgan fingerprint density at radius 2 is 1.95 bits per heavy atom. The highest BCUT2D eigenvalue weighted by Gasteiger charge is 2.15. The third-order valence-electron chi connectivity index (χ3n) is 2.68. The minimum atomic E-state index is -1.02. The summed E-state index contributed by atoms with van der Waals surface area (Å²) in [5.41, 5.74) is 0.958. The molecule has 0 atom stereocenters. The van der Waals surface area contributed by atoms with Gasteiger partial charge in [0.05, 0.1) is 6.61 Å². The summed E-state index contributed by atoms with van der Waals surface area (Å²) < 4.78 is 32.7. The van der Waals surface area contributed by atoms with E-state index in [-0.39, 0.29) is 17.9 Å². The molecular weight excluding hydrogens is 250 g/mol. The number of ether oxygens (including phenoxy) is 1. The van der Waals surface area contributed by atoms with E-state index in [1.54, 1.807) is 25.1 Å². The van der Waals surface area contributed by atoms with Crippen molar-refractivity contribution in [2.75, 3.05) is 6.61 Å². The Labute approximate surface area is 109 Å². The first kappa shape index (κ1) is 13.2. The van der Waals surface area contributed by atoms with Crippen molar-refractivity contribution in [3.05, 3.63) is 53.6 Å². The van der Waals surface area contributed by atoms with Gasteiger partial charge in [-0.25, -0.2) is 4.39 Å². The van der Waals surface area contributed by atoms with Gasteiger partial charge in [-0.3, -0.25) is 4.79 Å². The Morgan fingerprint density at radius 3 is 2.63 bits per heavy atom. The number of hydrogen-bond acceptors (Lipinski definition) is 2. The summed E-state index contributed by atoms with van der Waals surface area (Å²) in [5.74, 6) is -2.11. The SMILES string of the molecule is CCOc1ccc(-c2cccc(C=O)c2)c(F)c1F. The van der Waals surface area contributed by atoms with Gasteiger partial charge in [0.1, 0.15) is 6.29 Å². The Hall–Kier alpha value is -2.23. The highest BCUT2D eigenvalue weighted by molar-refractivity contribution is 5.79. The molecule has 2 rings (SSSR count). The molecular formula is C15H12F2O2. The first-order valence-corrected chi connectivity index (χ1v) is 5.83. The largest absolute Gasteiger partial charge is 0.491 e. The minimum Gasteiger partial charge on any atom is -0.491 e. The van der Waals surface area contributed by atoms with Crippen LogP contribution in [0.1, 0.15) is 17.3 Å². The molecule has 0 heterocycles. The van der Waals surface area contributed by atoms with E-state index < -0.39 is 11.6 Å². The molecule has 2 aromatic carbocycles. The van der Waals surface area contributed by atoms with E-state index in [2.05, 4.69) is 0 Å². The molecule has 0 radical (unpaired) electrons. The molecule has 4 heteroatoms. The van der Waals surface area contributed by atoms with Crippen LogP contribution >= 0.6 is 0 Å². The second-order valence-corrected chi connectivity index (χ2v) is 3.92. The summed E-state index contributed by atoms with van der Waals surface area (Å²) in [6.07, 6.45) is 0.659. The van der Waals surface area contributed by atoms with Crippen LogP contribution in [0.5, 0.6) is 5.75 Å². The highest BCUT2D eigenvalue weighted by atomic mass is 19.2. The van der Waals surface area contributed by atoms with Crippen LogP contribution in [0.15, 0.2) is 36.4 Å². The molecule has 0 aliphatic rings. The summed E-state index contributed by atoms with van der Waals surface area (Å²) >= 11 is 0. The molecule has 0 amide bonds. The van der Waals surface area contributed by atoms with Crippen molar-refractivity contribution < 1.29 is 18.3 Å². The smallest absolute Gasteiger partial charge is 0.201 e. The molecule has 0 aromatic heterocycles. The van der Waals surface area contributed by atoms with Crippen LogP contribution in [0, 0.1) is 11.6 Å². The summed E-state index contributed by atoms with van der Waals surface area (Å²) in [7, 11) is 0. The molecule has 19 heavy (non-hydrogen) atoms. The molecule has 2 aromatic rings. The fourth-order valence-corrected chi connectivity index (χ4v) is 1.80. The maximum Gasteiger partial charge on any atom is 0.201 e. The average Bonchev–Trinajstić information content (AvgIpc) is 2.44. The number of rotatable bonds is 4. The lowest BCUT2D eigenvalue weighted by atomic mass is 10.0. The quantitative estimate of drug-likeness (QED) is 0.782. The number of benzene rings is 2. The second-order valence-electron chi connectivity index (χ2n) is 3.92. The van der Waals surface area contributed by atoms with Gasteiger partial charge < -0.3 is 4.74 Å². The van der Waals surface area contributed by atoms with Crippen molar-refractivity contribution in [2.45, 2.75) is 6.92 Å². The van der Waals surface area contributed by atoms with E-state index in [9.17, 15) is 13.6 Å². The molecule has 0 bridgehead atoms. The van der Waals surface area contributed by atoms with Crippen molar-refractivity contribution in [3.8, 4) is 16.9 Å². The van der Waals surface area contributed by atoms with Crippen molar-refractivity contribution >= 4 is 6.29 Å². The third-order valence-corrected chi connectivity index (χ3v) is 2.68. The van der Waals surface area contributed by atoms with Crippen LogP contribution in [-0.4, -0.2) is 12.9 Å². The Morgan fingerprint density at radius 1 is 1.16 bits per heavy atom. The number of aldehydes is 1. The molecule has 0 aliphatic carbocycles. The molecule has 0 spiro atoms. The Kier molecular flexibility index (Phi) is 3.90. The molecule has 0 fully saturated rings. The average molecular weight is 262 g/mol. The Balaban J connectivity index is 2.50. The molecule has 2 nitrogen and oxygen atoms in total. The summed E-state index contributed by atoms with van der Waals surface area (Å²) in [5, 5.41) is 0. The molecule has 98 valence electrons. The van der Waals surface area contributed by atoms with E-state index in [1.165, 1.54) is 18.2 Å². The van der Waals surface area contributed by atoms with Crippen LogP contribution in [-0.2, 0) is 0 Å². The van der Waals surface area contributed by atoms with Gasteiger partial charge in [-0.2, -0.15) is 4.39 Å². The lowest BCUT2D eigenvalue weighted by Gasteiger charge is -2.09. The standard InChI is InChI=1S/C15H12F2O2/c1-2-19-13-7-6-12(14(16)15(13)17)11-5-3-4-10(8-11)9-18/h3-9H,2H2,1H3. The predicted molar refractivity (Wildman–Crippen MR) is 68.4 cm³/mol. The van der Waals surface area contributed by atoms with E-state index in [4.69, 9.17) is 4.74 Å². The lowest BCUT2D eigenvalue weighted by molar-refractivity contribution is 0.112. The maximum atomic E-state index is 14.0. The van der Waals surface area contributed by atoms with Gasteiger partial charge in [0, 0.05) is 11.1 Å². The van der Waals surface area contributed by atoms with Crippen molar-refractivity contribution in [1.82, 2.24) is 0 Å². The molecule has 0 aliphatic heterocycles. The van der Waals surface area contributed by atoms with Crippen molar-refractivity contribution in [2.24, 2.45) is 0 Å². The lowest BCUT2D eigenvalue weighted by Crippen LogP contribution is -1.98. The van der Waals surface area contributed by atoms with Crippen LogP contribution in [0.25, 0.3) is 11.1 Å². The molecule has 0 N–H and O–H groups in total. The number of hydrogen-bond donors (Lipinski definition) is 0. The first-order chi connectivity index (χ1) is 9.17. The summed E-state index contributed by atoms with van der Waals surface area (Å²) in [6.45, 7) is 1.95. The first-order valence-electron chi connectivity index (χ1n) is 5.83. The number of carbonyl (C=O) groups excluding carboxylic acids is 1. The zero-order valence-corrected chi connectivity index (χ0v) is 10.3. The van der Waals surface area contributed by atoms with Gasteiger partial charge in [0.15, 0.2) is 11.6 Å². The molecule has 0 saturated carbocycles. The maximum absolute atomic E-state index is 14.0. The van der Waals surface area contributed by atoms with E-state index >= 15 is 0 Å². The van der Waals surface area contributed by atoms with Crippen LogP contribution in [0.2, 0.25) is 0 Å². The molecule has 0 saturated heterocycles. The monoisotopic (exact) mass is 262 g/mol. The topological polar surface area (TPSA) is 26.3 Å². The van der Waals surface area contributed by atoms with Gasteiger partial charge in [-0.05, 0) is 30.7 Å². The second kappa shape index (κ2) is 5.61. The Bertz CT molecular complexity index is 609. The van der Waals surface area contributed by atoms with E-state index in [0.29, 0.717) is 17.4 Å². The summed E-state index contributed by atoms with van der Waals surface area (Å²) in [4.78, 5) is 10.7. The minimum absolute atomic E-state index is 0.102. The zero-order valence-electron chi connectivity index (χ0n) is 10.3. The van der Waals surface area contributed by atoms with E-state index in [0.717, 1.165) is 0 Å². The molecule has 0 unspecified atom stereocenters. The fourth-order valence-electron chi connectivity index (χ4n) is 1.80. The predicted octanol–water partition coefficient (Wildman–Crippen LogP) is 3.84. The number of carbonyl (C=O) groups is 1. The van der Waals surface area contributed by atoms with Crippen molar-refractivity contribution in [3.63, 3.8) is 0 Å². The summed E-state index contributed by atoms with van der Waals surface area (Å²) in [6, 6.07) is 9.15. The van der Waals surface area contributed by atoms with Gasteiger partial charge in [-0.15, -0.1) is 0 Å². The van der Waals surface area contributed by atoms with Crippen LogP contribution < -0.4 is 4.74 Å². The van der Waals surface area contributed by atoms with Gasteiger partial charge in [0.2, 0.25) is 5.82 Å². The highest BCUT2D eigenvalue weighted by Crippen LogP contribution is 2.30. The number of halogens is 2. The van der Waals surface area contributed by atoms with E-state index in [1.807, 2.05) is 0 Å². The zero-order chi connectivity index (χ0) is 13.8. The fraction of sp³-hybridized carbons (Fsp3) is 0.133.